The van der Waals surface area contributed by atoms with Gasteiger partial charge in [0, 0.05) is 0 Å². The number of hydrogen-bond acceptors (Lipinski definition) is 2. The average Bonchev–Trinajstić information content (AvgIpc) is 2.14. The SMILES string of the molecule is COC(=O)c1cc(C)cc(C(F)(F)F)c1. The first-order chi connectivity index (χ1) is 6.84. The van der Waals surface area contributed by atoms with Crippen LogP contribution in [0.15, 0.2) is 18.2 Å². The predicted octanol–water partition coefficient (Wildman–Crippen LogP) is 2.80. The summed E-state index contributed by atoms with van der Waals surface area (Å²) in [7, 11) is 1.12. The molecule has 1 aromatic carbocycles. The van der Waals surface area contributed by atoms with Gasteiger partial charge in [0.05, 0.1) is 18.2 Å². The van der Waals surface area contributed by atoms with Crippen molar-refractivity contribution in [1.29, 1.82) is 0 Å². The van der Waals surface area contributed by atoms with E-state index < -0.39 is 17.7 Å². The van der Waals surface area contributed by atoms with E-state index in [9.17, 15) is 18.0 Å². The van der Waals surface area contributed by atoms with Gasteiger partial charge >= 0.3 is 12.1 Å². The normalized spacial score (nSPS) is 11.3. The molecule has 0 aromatic heterocycles. The van der Waals surface area contributed by atoms with Crippen LogP contribution >= 0.6 is 0 Å². The number of esters is 1. The number of ether oxygens (including phenoxy) is 1. The van der Waals surface area contributed by atoms with Crippen LogP contribution in [0.25, 0.3) is 0 Å². The Morgan fingerprint density at radius 1 is 1.27 bits per heavy atom. The number of alkyl halides is 3. The Morgan fingerprint density at radius 3 is 2.33 bits per heavy atom. The number of halogens is 3. The fraction of sp³-hybridized carbons (Fsp3) is 0.300. The Labute approximate surface area is 84.7 Å². The zero-order chi connectivity index (χ0) is 11.6. The number of carbonyl (C=O) groups is 1. The third-order valence-electron chi connectivity index (χ3n) is 1.83. The second-order valence-corrected chi connectivity index (χ2v) is 3.08. The molecule has 0 spiro atoms. The smallest absolute Gasteiger partial charge is 0.416 e. The van der Waals surface area contributed by atoms with Crippen LogP contribution in [0.4, 0.5) is 13.2 Å². The zero-order valence-electron chi connectivity index (χ0n) is 8.18. The topological polar surface area (TPSA) is 26.3 Å². The minimum atomic E-state index is -4.45. The first-order valence-electron chi connectivity index (χ1n) is 4.12. The highest BCUT2D eigenvalue weighted by molar-refractivity contribution is 5.89. The van der Waals surface area contributed by atoms with Crippen molar-refractivity contribution >= 4 is 5.97 Å². The molecule has 0 N–H and O–H groups in total. The van der Waals surface area contributed by atoms with Gasteiger partial charge in [-0.1, -0.05) is 0 Å². The minimum absolute atomic E-state index is 0.0928. The summed E-state index contributed by atoms with van der Waals surface area (Å²) in [6.07, 6.45) is -4.45. The van der Waals surface area contributed by atoms with E-state index in [0.717, 1.165) is 19.2 Å². The van der Waals surface area contributed by atoms with Gasteiger partial charge in [-0.25, -0.2) is 4.79 Å². The van der Waals surface area contributed by atoms with E-state index in [4.69, 9.17) is 0 Å². The molecule has 0 unspecified atom stereocenters. The molecule has 1 aromatic rings. The molecule has 0 heterocycles. The molecule has 0 bridgehead atoms. The molecule has 0 amide bonds. The standard InChI is InChI=1S/C10H9F3O2/c1-6-3-7(9(14)15-2)5-8(4-6)10(11,12)13/h3-5H,1-2H3. The number of benzene rings is 1. The van der Waals surface area contributed by atoms with Gasteiger partial charge < -0.3 is 4.74 Å². The lowest BCUT2D eigenvalue weighted by atomic mass is 10.1. The minimum Gasteiger partial charge on any atom is -0.465 e. The third-order valence-corrected chi connectivity index (χ3v) is 1.83. The molecule has 0 radical (unpaired) electrons. The number of rotatable bonds is 1. The molecule has 0 aliphatic carbocycles. The van der Waals surface area contributed by atoms with Crippen LogP contribution in [0.3, 0.4) is 0 Å². The van der Waals surface area contributed by atoms with E-state index in [1.807, 2.05) is 0 Å². The molecule has 2 nitrogen and oxygen atoms in total. The summed E-state index contributed by atoms with van der Waals surface area (Å²) < 4.78 is 41.4. The Bertz CT molecular complexity index is 383. The molecular weight excluding hydrogens is 209 g/mol. The fourth-order valence-corrected chi connectivity index (χ4v) is 1.18. The van der Waals surface area contributed by atoms with Crippen molar-refractivity contribution in [3.63, 3.8) is 0 Å². The lowest BCUT2D eigenvalue weighted by Gasteiger charge is -2.09. The van der Waals surface area contributed by atoms with E-state index in [1.54, 1.807) is 0 Å². The highest BCUT2D eigenvalue weighted by Crippen LogP contribution is 2.30. The van der Waals surface area contributed by atoms with Crippen LogP contribution in [-0.2, 0) is 10.9 Å². The Morgan fingerprint density at radius 2 is 1.87 bits per heavy atom. The highest BCUT2D eigenvalue weighted by atomic mass is 19.4. The van der Waals surface area contributed by atoms with Gasteiger partial charge in [0.15, 0.2) is 0 Å². The molecule has 82 valence electrons. The molecule has 0 aliphatic heterocycles. The Hall–Kier alpha value is -1.52. The third kappa shape index (κ3) is 2.71. The zero-order valence-corrected chi connectivity index (χ0v) is 8.18. The first kappa shape index (κ1) is 11.6. The molecule has 5 heteroatoms. The van der Waals surface area contributed by atoms with E-state index in [1.165, 1.54) is 13.0 Å². The highest BCUT2D eigenvalue weighted by Gasteiger charge is 2.31. The maximum atomic E-state index is 12.4. The van der Waals surface area contributed by atoms with Crippen molar-refractivity contribution in [3.8, 4) is 0 Å². The lowest BCUT2D eigenvalue weighted by Crippen LogP contribution is -2.09. The summed E-state index contributed by atoms with van der Waals surface area (Å²) in [5.74, 6) is -0.774. The van der Waals surface area contributed by atoms with Gasteiger partial charge in [-0.05, 0) is 30.7 Å². The number of hydrogen-bond donors (Lipinski definition) is 0. The van der Waals surface area contributed by atoms with Crippen molar-refractivity contribution in [3.05, 3.63) is 34.9 Å². The van der Waals surface area contributed by atoms with E-state index in [-0.39, 0.29) is 5.56 Å². The molecule has 0 fully saturated rings. The summed E-state index contributed by atoms with van der Waals surface area (Å²) in [5.41, 5.74) is -0.571. The molecule has 0 saturated carbocycles. The summed E-state index contributed by atoms with van der Waals surface area (Å²) in [6, 6.07) is 3.10. The monoisotopic (exact) mass is 218 g/mol. The van der Waals surface area contributed by atoms with Crippen LogP contribution < -0.4 is 0 Å². The summed E-state index contributed by atoms with van der Waals surface area (Å²) >= 11 is 0. The van der Waals surface area contributed by atoms with Crippen molar-refractivity contribution < 1.29 is 22.7 Å². The van der Waals surface area contributed by atoms with E-state index >= 15 is 0 Å². The summed E-state index contributed by atoms with van der Waals surface area (Å²) in [4.78, 5) is 11.1. The Kier molecular flexibility index (Phi) is 3.02. The van der Waals surface area contributed by atoms with Crippen molar-refractivity contribution in [1.82, 2.24) is 0 Å². The molecule has 0 atom stereocenters. The average molecular weight is 218 g/mol. The largest absolute Gasteiger partial charge is 0.465 e. The summed E-state index contributed by atoms with van der Waals surface area (Å²) in [6.45, 7) is 1.49. The van der Waals surface area contributed by atoms with Crippen molar-refractivity contribution in [2.45, 2.75) is 13.1 Å². The molecular formula is C10H9F3O2. The van der Waals surface area contributed by atoms with Gasteiger partial charge in [-0.15, -0.1) is 0 Å². The van der Waals surface area contributed by atoms with Gasteiger partial charge in [-0.3, -0.25) is 0 Å². The predicted molar refractivity (Wildman–Crippen MR) is 47.5 cm³/mol. The van der Waals surface area contributed by atoms with Crippen LogP contribution in [0.2, 0.25) is 0 Å². The molecule has 0 aliphatic rings. The number of methoxy groups -OCH3 is 1. The van der Waals surface area contributed by atoms with Crippen molar-refractivity contribution in [2.75, 3.05) is 7.11 Å². The van der Waals surface area contributed by atoms with Gasteiger partial charge in [0.2, 0.25) is 0 Å². The van der Waals surface area contributed by atoms with Gasteiger partial charge in [0.1, 0.15) is 0 Å². The van der Waals surface area contributed by atoms with Crippen LogP contribution in [0.1, 0.15) is 21.5 Å². The molecule has 15 heavy (non-hydrogen) atoms. The first-order valence-corrected chi connectivity index (χ1v) is 4.12. The number of aryl methyl sites for hydroxylation is 1. The lowest BCUT2D eigenvalue weighted by molar-refractivity contribution is -0.137. The molecule has 1 rings (SSSR count). The van der Waals surface area contributed by atoms with Crippen LogP contribution in [-0.4, -0.2) is 13.1 Å². The fourth-order valence-electron chi connectivity index (χ4n) is 1.18. The number of carbonyl (C=O) groups excluding carboxylic acids is 1. The maximum absolute atomic E-state index is 12.4. The second kappa shape index (κ2) is 3.92. The van der Waals surface area contributed by atoms with E-state index in [0.29, 0.717) is 5.56 Å². The maximum Gasteiger partial charge on any atom is 0.416 e. The van der Waals surface area contributed by atoms with Gasteiger partial charge in [0.25, 0.3) is 0 Å². The quantitative estimate of drug-likeness (QED) is 0.677. The molecule has 0 saturated heterocycles. The van der Waals surface area contributed by atoms with E-state index in [2.05, 4.69) is 4.74 Å². The van der Waals surface area contributed by atoms with Crippen LogP contribution in [0, 0.1) is 6.92 Å². The Balaban J connectivity index is 3.23. The summed E-state index contributed by atoms with van der Waals surface area (Å²) in [5, 5.41) is 0. The second-order valence-electron chi connectivity index (χ2n) is 3.08. The van der Waals surface area contributed by atoms with Crippen LogP contribution in [0.5, 0.6) is 0 Å². The van der Waals surface area contributed by atoms with Crippen molar-refractivity contribution in [2.24, 2.45) is 0 Å². The van der Waals surface area contributed by atoms with Gasteiger partial charge in [-0.2, -0.15) is 13.2 Å².